The molecule has 8 nitrogen and oxygen atoms in total. The van der Waals surface area contributed by atoms with Gasteiger partial charge >= 0.3 is 0 Å². The molecule has 1 aliphatic carbocycles. The molecule has 2 aromatic rings. The molecule has 1 aliphatic rings. The minimum Gasteiger partial charge on any atom is -0.497 e. The number of nitrogens with one attached hydrogen (secondary N) is 1. The lowest BCUT2D eigenvalue weighted by Crippen LogP contribution is -2.29. The monoisotopic (exact) mass is 323 g/mol. The van der Waals surface area contributed by atoms with Crippen LogP contribution in [0.3, 0.4) is 0 Å². The molecular weight excluding hydrogens is 306 g/mol. The van der Waals surface area contributed by atoms with Crippen LogP contribution in [0.2, 0.25) is 0 Å². The lowest BCUT2D eigenvalue weighted by Gasteiger charge is -2.14. The maximum Gasteiger partial charge on any atom is 0.241 e. The van der Waals surface area contributed by atoms with E-state index in [0.29, 0.717) is 11.6 Å². The van der Waals surface area contributed by atoms with Gasteiger partial charge in [0, 0.05) is 0 Å². The second-order valence-corrected chi connectivity index (χ2v) is 6.95. The summed E-state index contributed by atoms with van der Waals surface area (Å²) in [5.41, 5.74) is 0. The van der Waals surface area contributed by atoms with E-state index >= 15 is 0 Å². The quantitative estimate of drug-likeness (QED) is 0.853. The van der Waals surface area contributed by atoms with Gasteiger partial charge in [-0.05, 0) is 54.5 Å². The summed E-state index contributed by atoms with van der Waals surface area (Å²) < 4.78 is 34.1. The molecule has 0 saturated heterocycles. The number of rotatable bonds is 6. The molecule has 1 saturated carbocycles. The topological polar surface area (TPSA) is 99.0 Å². The fraction of sp³-hybridized carbons (Fsp3) is 0.462. The highest BCUT2D eigenvalue weighted by Gasteiger charge is 2.31. The smallest absolute Gasteiger partial charge is 0.241 e. The molecule has 0 spiro atoms. The van der Waals surface area contributed by atoms with E-state index in [1.807, 2.05) is 0 Å². The predicted molar refractivity (Wildman–Crippen MR) is 77.8 cm³/mol. The fourth-order valence-corrected chi connectivity index (χ4v) is 3.37. The molecule has 1 fully saturated rings. The van der Waals surface area contributed by atoms with Crippen molar-refractivity contribution in [2.75, 3.05) is 7.11 Å². The first kappa shape index (κ1) is 14.9. The summed E-state index contributed by atoms with van der Waals surface area (Å²) in [6, 6.07) is 5.98. The molecule has 0 radical (unpaired) electrons. The van der Waals surface area contributed by atoms with Gasteiger partial charge in [0.15, 0.2) is 5.82 Å². The van der Waals surface area contributed by atoms with E-state index in [1.165, 1.54) is 19.2 Å². The van der Waals surface area contributed by atoms with Gasteiger partial charge in [0.25, 0.3) is 0 Å². The zero-order valence-electron chi connectivity index (χ0n) is 12.3. The Bertz CT molecular complexity index is 752. The van der Waals surface area contributed by atoms with Crippen molar-refractivity contribution < 1.29 is 13.2 Å². The third-order valence-corrected chi connectivity index (χ3v) is 5.06. The van der Waals surface area contributed by atoms with Crippen molar-refractivity contribution in [1.82, 2.24) is 24.9 Å². The molecule has 1 heterocycles. The highest BCUT2D eigenvalue weighted by molar-refractivity contribution is 7.89. The minimum absolute atomic E-state index is 0.172. The van der Waals surface area contributed by atoms with Crippen molar-refractivity contribution in [3.8, 4) is 5.75 Å². The van der Waals surface area contributed by atoms with Crippen LogP contribution in [0.15, 0.2) is 29.2 Å². The molecule has 1 unspecified atom stereocenters. The third-order valence-electron chi connectivity index (χ3n) is 3.50. The van der Waals surface area contributed by atoms with E-state index in [0.717, 1.165) is 12.8 Å². The minimum atomic E-state index is -3.65. The molecule has 0 bridgehead atoms. The van der Waals surface area contributed by atoms with Crippen molar-refractivity contribution in [2.24, 2.45) is 0 Å². The number of benzene rings is 1. The predicted octanol–water partition coefficient (Wildman–Crippen LogP) is 1.06. The standard InChI is InChI=1S/C13H17N5O3S/c1-9(13-14-16-17-18(13)10-3-4-10)15-22(19,20)12-7-5-11(21-2)6-8-12/h5-10,15H,3-4H2,1-2H3. The molecule has 3 rings (SSSR count). The molecule has 1 aromatic carbocycles. The summed E-state index contributed by atoms with van der Waals surface area (Å²) >= 11 is 0. The van der Waals surface area contributed by atoms with Crippen molar-refractivity contribution in [1.29, 1.82) is 0 Å². The van der Waals surface area contributed by atoms with Crippen molar-refractivity contribution >= 4 is 10.0 Å². The van der Waals surface area contributed by atoms with Crippen LogP contribution in [0, 0.1) is 0 Å². The van der Waals surface area contributed by atoms with Gasteiger partial charge in [-0.3, -0.25) is 0 Å². The first-order valence-corrected chi connectivity index (χ1v) is 8.44. The van der Waals surface area contributed by atoms with Gasteiger partial charge in [-0.15, -0.1) is 5.10 Å². The van der Waals surface area contributed by atoms with Crippen LogP contribution in [0.25, 0.3) is 0 Å². The first-order valence-electron chi connectivity index (χ1n) is 6.95. The molecule has 1 aromatic heterocycles. The van der Waals surface area contributed by atoms with Gasteiger partial charge in [-0.2, -0.15) is 0 Å². The second-order valence-electron chi connectivity index (χ2n) is 5.23. The normalized spacial score (nSPS) is 16.5. The van der Waals surface area contributed by atoms with Crippen LogP contribution >= 0.6 is 0 Å². The zero-order chi connectivity index (χ0) is 15.7. The first-order chi connectivity index (χ1) is 10.5. The van der Waals surface area contributed by atoms with Gasteiger partial charge < -0.3 is 4.74 Å². The van der Waals surface area contributed by atoms with Gasteiger partial charge in [0.2, 0.25) is 10.0 Å². The van der Waals surface area contributed by atoms with Crippen molar-refractivity contribution in [3.05, 3.63) is 30.1 Å². The highest BCUT2D eigenvalue weighted by atomic mass is 32.2. The molecule has 0 amide bonds. The van der Waals surface area contributed by atoms with Crippen LogP contribution < -0.4 is 9.46 Å². The fourth-order valence-electron chi connectivity index (χ4n) is 2.17. The molecule has 22 heavy (non-hydrogen) atoms. The number of ether oxygens (including phenoxy) is 1. The molecule has 118 valence electrons. The summed E-state index contributed by atoms with van der Waals surface area (Å²) in [6.45, 7) is 1.73. The third kappa shape index (κ3) is 2.95. The van der Waals surface area contributed by atoms with E-state index in [9.17, 15) is 8.42 Å². The van der Waals surface area contributed by atoms with E-state index in [1.54, 1.807) is 23.7 Å². The Morgan fingerprint density at radius 1 is 1.32 bits per heavy atom. The van der Waals surface area contributed by atoms with Crippen LogP contribution in [0.1, 0.15) is 37.7 Å². The largest absolute Gasteiger partial charge is 0.497 e. The lowest BCUT2D eigenvalue weighted by atomic mass is 10.3. The number of aromatic nitrogens is 4. The van der Waals surface area contributed by atoms with Crippen LogP contribution in [-0.4, -0.2) is 35.7 Å². The van der Waals surface area contributed by atoms with Crippen LogP contribution in [0.4, 0.5) is 0 Å². The number of sulfonamides is 1. The summed E-state index contributed by atoms with van der Waals surface area (Å²) in [5, 5.41) is 11.5. The number of tetrazole rings is 1. The Balaban J connectivity index is 1.79. The molecule has 9 heteroatoms. The summed E-state index contributed by atoms with van der Waals surface area (Å²) in [5.74, 6) is 1.13. The molecule has 0 aliphatic heterocycles. The van der Waals surface area contributed by atoms with E-state index < -0.39 is 16.1 Å². The maximum atomic E-state index is 12.4. The number of hydrogen-bond donors (Lipinski definition) is 1. The molecular formula is C13H17N5O3S. The lowest BCUT2D eigenvalue weighted by molar-refractivity contribution is 0.414. The Morgan fingerprint density at radius 3 is 2.59 bits per heavy atom. The van der Waals surface area contributed by atoms with Crippen molar-refractivity contribution in [2.45, 2.75) is 36.7 Å². The van der Waals surface area contributed by atoms with E-state index in [2.05, 4.69) is 20.2 Å². The van der Waals surface area contributed by atoms with Gasteiger partial charge in [-0.25, -0.2) is 17.8 Å². The summed E-state index contributed by atoms with van der Waals surface area (Å²) in [7, 11) is -2.12. The number of methoxy groups -OCH3 is 1. The van der Waals surface area contributed by atoms with Gasteiger partial charge in [0.05, 0.1) is 24.1 Å². The Hall–Kier alpha value is -2.00. The Morgan fingerprint density at radius 2 is 2.00 bits per heavy atom. The Labute approximate surface area is 128 Å². The number of nitrogens with zero attached hydrogens (tertiary/aromatic N) is 4. The van der Waals surface area contributed by atoms with Crippen LogP contribution in [-0.2, 0) is 10.0 Å². The van der Waals surface area contributed by atoms with Gasteiger partial charge in [-0.1, -0.05) is 0 Å². The van der Waals surface area contributed by atoms with Gasteiger partial charge in [0.1, 0.15) is 5.75 Å². The average Bonchev–Trinajstić information content (AvgIpc) is 3.23. The Kier molecular flexibility index (Phi) is 3.83. The summed E-state index contributed by atoms with van der Waals surface area (Å²) in [4.78, 5) is 0.172. The SMILES string of the molecule is COc1ccc(S(=O)(=O)NC(C)c2nnnn2C2CC2)cc1. The van der Waals surface area contributed by atoms with E-state index in [-0.39, 0.29) is 10.9 Å². The molecule has 1 N–H and O–H groups in total. The second kappa shape index (κ2) is 5.65. The molecule has 1 atom stereocenters. The number of hydrogen-bond acceptors (Lipinski definition) is 6. The maximum absolute atomic E-state index is 12.4. The summed E-state index contributed by atoms with van der Waals surface area (Å²) in [6.07, 6.45) is 2.05. The van der Waals surface area contributed by atoms with E-state index in [4.69, 9.17) is 4.74 Å². The zero-order valence-corrected chi connectivity index (χ0v) is 13.1. The highest BCUT2D eigenvalue weighted by Crippen LogP contribution is 2.35. The van der Waals surface area contributed by atoms with Crippen molar-refractivity contribution in [3.63, 3.8) is 0 Å². The van der Waals surface area contributed by atoms with Crippen LogP contribution in [0.5, 0.6) is 5.75 Å². The average molecular weight is 323 g/mol.